The Balaban J connectivity index is 1.20. The second kappa shape index (κ2) is 7.91. The summed E-state index contributed by atoms with van der Waals surface area (Å²) in [6.45, 7) is 0.516. The second-order valence-electron chi connectivity index (χ2n) is 10.5. The van der Waals surface area contributed by atoms with Gasteiger partial charge < -0.3 is 5.32 Å². The van der Waals surface area contributed by atoms with Gasteiger partial charge in [-0.25, -0.2) is 4.68 Å². The molecule has 0 aliphatic heterocycles. The largest absolute Gasteiger partial charge is 0.352 e. The van der Waals surface area contributed by atoms with Gasteiger partial charge in [0, 0.05) is 30.3 Å². The first kappa shape index (κ1) is 19.8. The van der Waals surface area contributed by atoms with Crippen LogP contribution in [0.2, 0.25) is 0 Å². The summed E-state index contributed by atoms with van der Waals surface area (Å²) in [6.07, 6.45) is 10.8. The number of nitrogens with one attached hydrogen (secondary N) is 1. The topological polar surface area (TPSA) is 46.9 Å². The minimum Gasteiger partial charge on any atom is -0.352 e. The van der Waals surface area contributed by atoms with Crippen LogP contribution in [0.25, 0.3) is 16.9 Å². The van der Waals surface area contributed by atoms with Crippen LogP contribution in [0.15, 0.2) is 66.9 Å². The maximum atomic E-state index is 13.1. The van der Waals surface area contributed by atoms with Crippen molar-refractivity contribution in [2.24, 2.45) is 23.2 Å². The lowest BCUT2D eigenvalue weighted by Gasteiger charge is -2.56. The van der Waals surface area contributed by atoms with Gasteiger partial charge in [0.15, 0.2) is 0 Å². The van der Waals surface area contributed by atoms with Gasteiger partial charge in [0.05, 0.1) is 11.4 Å². The smallest absolute Gasteiger partial charge is 0.220 e. The fourth-order valence-corrected chi connectivity index (χ4v) is 7.19. The molecule has 0 saturated heterocycles. The van der Waals surface area contributed by atoms with Crippen LogP contribution in [0, 0.1) is 23.2 Å². The molecule has 1 amide bonds. The number of aromatic nitrogens is 2. The van der Waals surface area contributed by atoms with Crippen LogP contribution in [-0.2, 0) is 11.3 Å². The summed E-state index contributed by atoms with van der Waals surface area (Å²) in [5, 5.41) is 8.13. The Hall–Kier alpha value is -2.88. The summed E-state index contributed by atoms with van der Waals surface area (Å²) < 4.78 is 1.92. The van der Waals surface area contributed by atoms with E-state index in [0.717, 1.165) is 40.3 Å². The van der Waals surface area contributed by atoms with Gasteiger partial charge in [-0.2, -0.15) is 5.10 Å². The summed E-state index contributed by atoms with van der Waals surface area (Å²) in [6, 6.07) is 20.4. The van der Waals surface area contributed by atoms with Crippen LogP contribution < -0.4 is 5.32 Å². The zero-order valence-electron chi connectivity index (χ0n) is 18.5. The molecule has 164 valence electrons. The highest BCUT2D eigenvalue weighted by Gasteiger charge is 2.51. The molecule has 4 nitrogen and oxygen atoms in total. The third-order valence-electron chi connectivity index (χ3n) is 8.03. The highest BCUT2D eigenvalue weighted by atomic mass is 16.1. The molecular formula is C28H31N3O. The fraction of sp³-hybridized carbons (Fsp3) is 0.429. The van der Waals surface area contributed by atoms with Crippen LogP contribution >= 0.6 is 0 Å². The summed E-state index contributed by atoms with van der Waals surface area (Å²) in [5.74, 6) is 2.84. The van der Waals surface area contributed by atoms with Crippen molar-refractivity contribution in [2.45, 2.75) is 51.5 Å². The van der Waals surface area contributed by atoms with Crippen LogP contribution in [0.4, 0.5) is 0 Å². The van der Waals surface area contributed by atoms with E-state index in [-0.39, 0.29) is 11.3 Å². The van der Waals surface area contributed by atoms with Gasteiger partial charge in [0.2, 0.25) is 5.91 Å². The van der Waals surface area contributed by atoms with Crippen molar-refractivity contribution in [3.8, 4) is 16.9 Å². The molecule has 0 spiro atoms. The molecule has 7 rings (SSSR count). The molecular weight excluding hydrogens is 394 g/mol. The molecule has 4 aliphatic rings. The van der Waals surface area contributed by atoms with E-state index in [0.29, 0.717) is 13.0 Å². The van der Waals surface area contributed by atoms with Crippen molar-refractivity contribution < 1.29 is 4.79 Å². The first-order valence-electron chi connectivity index (χ1n) is 12.1. The van der Waals surface area contributed by atoms with Crippen molar-refractivity contribution >= 4 is 5.91 Å². The molecule has 0 atom stereocenters. The van der Waals surface area contributed by atoms with Crippen LogP contribution in [0.1, 0.15) is 50.5 Å². The van der Waals surface area contributed by atoms with Crippen molar-refractivity contribution in [1.29, 1.82) is 0 Å². The number of carbonyl (C=O) groups excluding carboxylic acids is 1. The van der Waals surface area contributed by atoms with Gasteiger partial charge in [0.1, 0.15) is 0 Å². The van der Waals surface area contributed by atoms with E-state index in [1.54, 1.807) is 0 Å². The molecule has 0 unspecified atom stereocenters. The fourth-order valence-electron chi connectivity index (χ4n) is 7.19. The number of carbonyl (C=O) groups is 1. The molecule has 4 bridgehead atoms. The number of nitrogens with zero attached hydrogens (tertiary/aromatic N) is 2. The molecule has 4 aliphatic carbocycles. The van der Waals surface area contributed by atoms with Gasteiger partial charge in [-0.15, -0.1) is 0 Å². The summed E-state index contributed by atoms with van der Waals surface area (Å²) in [5.41, 5.74) is 4.36. The van der Waals surface area contributed by atoms with Gasteiger partial charge >= 0.3 is 0 Å². The van der Waals surface area contributed by atoms with Crippen molar-refractivity contribution in [3.05, 3.63) is 72.4 Å². The lowest BCUT2D eigenvalue weighted by Crippen LogP contribution is -2.47. The molecule has 1 aromatic heterocycles. The minimum atomic E-state index is 0.207. The van der Waals surface area contributed by atoms with E-state index < -0.39 is 0 Å². The molecule has 1 N–H and O–H groups in total. The van der Waals surface area contributed by atoms with Crippen LogP contribution in [-0.4, -0.2) is 15.7 Å². The lowest BCUT2D eigenvalue weighted by molar-refractivity contribution is -0.129. The standard InChI is InChI=1S/C28H31N3O/c32-26(17-28-14-20-11-21(15-28)13-22(12-20)16-28)29-18-24-19-31(25-9-5-2-6-10-25)30-27(24)23-7-3-1-4-8-23/h1-10,19-22H,11-18H2,(H,29,32). The lowest BCUT2D eigenvalue weighted by atomic mass is 9.49. The van der Waals surface area contributed by atoms with Gasteiger partial charge in [-0.05, 0) is 73.8 Å². The monoisotopic (exact) mass is 425 g/mol. The van der Waals surface area contributed by atoms with Gasteiger partial charge in [-0.3, -0.25) is 4.79 Å². The first-order chi connectivity index (χ1) is 15.7. The molecule has 32 heavy (non-hydrogen) atoms. The SMILES string of the molecule is O=C(CC12CC3CC(CC(C3)C1)C2)NCc1cn(-c2ccccc2)nc1-c1ccccc1. The van der Waals surface area contributed by atoms with E-state index >= 15 is 0 Å². The number of para-hydroxylation sites is 1. The third kappa shape index (κ3) is 3.76. The number of rotatable bonds is 6. The highest BCUT2D eigenvalue weighted by Crippen LogP contribution is 2.61. The van der Waals surface area contributed by atoms with E-state index in [1.807, 2.05) is 41.1 Å². The van der Waals surface area contributed by atoms with E-state index in [9.17, 15) is 4.79 Å². The normalized spacial score (nSPS) is 28.1. The second-order valence-corrected chi connectivity index (χ2v) is 10.5. The number of benzene rings is 2. The molecule has 1 heterocycles. The molecule has 4 heteroatoms. The molecule has 3 aromatic rings. The predicted molar refractivity (Wildman–Crippen MR) is 126 cm³/mol. The van der Waals surface area contributed by atoms with E-state index in [2.05, 4.69) is 35.8 Å². The summed E-state index contributed by atoms with van der Waals surface area (Å²) in [7, 11) is 0. The number of hydrogen-bond acceptors (Lipinski definition) is 2. The average molecular weight is 426 g/mol. The highest BCUT2D eigenvalue weighted by molar-refractivity contribution is 5.77. The first-order valence-corrected chi connectivity index (χ1v) is 12.1. The molecule has 2 aromatic carbocycles. The van der Waals surface area contributed by atoms with Crippen LogP contribution in [0.5, 0.6) is 0 Å². The quantitative estimate of drug-likeness (QED) is 0.546. The van der Waals surface area contributed by atoms with Crippen molar-refractivity contribution in [1.82, 2.24) is 15.1 Å². The van der Waals surface area contributed by atoms with Crippen molar-refractivity contribution in [2.75, 3.05) is 0 Å². The maximum absolute atomic E-state index is 13.1. The minimum absolute atomic E-state index is 0.207. The van der Waals surface area contributed by atoms with Gasteiger partial charge in [-0.1, -0.05) is 48.5 Å². The molecule has 0 radical (unpaired) electrons. The summed E-state index contributed by atoms with van der Waals surface area (Å²) >= 11 is 0. The summed E-state index contributed by atoms with van der Waals surface area (Å²) in [4.78, 5) is 13.1. The Labute approximate surface area is 190 Å². The van der Waals surface area contributed by atoms with Gasteiger partial charge in [0.25, 0.3) is 0 Å². The Kier molecular flexibility index (Phi) is 4.89. The Morgan fingerprint density at radius 1 is 0.906 bits per heavy atom. The Morgan fingerprint density at radius 2 is 1.50 bits per heavy atom. The average Bonchev–Trinajstić information content (AvgIpc) is 3.22. The number of hydrogen-bond donors (Lipinski definition) is 1. The maximum Gasteiger partial charge on any atom is 0.220 e. The molecule has 4 fully saturated rings. The Morgan fingerprint density at radius 3 is 2.12 bits per heavy atom. The predicted octanol–water partition coefficient (Wildman–Crippen LogP) is 5.76. The van der Waals surface area contributed by atoms with Crippen LogP contribution in [0.3, 0.4) is 0 Å². The third-order valence-corrected chi connectivity index (χ3v) is 8.03. The zero-order chi connectivity index (χ0) is 21.5. The number of amides is 1. The Bertz CT molecular complexity index is 1070. The van der Waals surface area contributed by atoms with Crippen molar-refractivity contribution in [3.63, 3.8) is 0 Å². The van der Waals surface area contributed by atoms with E-state index in [4.69, 9.17) is 5.10 Å². The molecule has 4 saturated carbocycles. The van der Waals surface area contributed by atoms with E-state index in [1.165, 1.54) is 38.5 Å². The zero-order valence-corrected chi connectivity index (χ0v) is 18.5.